The van der Waals surface area contributed by atoms with E-state index in [1.165, 1.54) is 11.3 Å². The molecule has 1 aliphatic rings. The number of halogens is 1. The summed E-state index contributed by atoms with van der Waals surface area (Å²) >= 11 is 5.90. The van der Waals surface area contributed by atoms with E-state index in [1.807, 2.05) is 29.2 Å². The number of benzene rings is 2. The Balaban J connectivity index is 1.54. The van der Waals surface area contributed by atoms with Gasteiger partial charge in [-0.3, -0.25) is 4.79 Å². The van der Waals surface area contributed by atoms with Crippen LogP contribution < -0.4 is 4.90 Å². The summed E-state index contributed by atoms with van der Waals surface area (Å²) in [5.41, 5.74) is 3.62. The van der Waals surface area contributed by atoms with Crippen molar-refractivity contribution in [2.75, 3.05) is 31.1 Å². The van der Waals surface area contributed by atoms with E-state index in [4.69, 9.17) is 11.6 Å². The highest BCUT2D eigenvalue weighted by atomic mass is 35.5. The highest BCUT2D eigenvalue weighted by Crippen LogP contribution is 2.21. The van der Waals surface area contributed by atoms with E-state index in [2.05, 4.69) is 43.0 Å². The van der Waals surface area contributed by atoms with Gasteiger partial charge in [-0.15, -0.1) is 0 Å². The van der Waals surface area contributed by atoms with Crippen LogP contribution >= 0.6 is 11.6 Å². The zero-order chi connectivity index (χ0) is 17.8. The molecule has 0 spiro atoms. The van der Waals surface area contributed by atoms with Crippen molar-refractivity contribution < 1.29 is 4.79 Å². The van der Waals surface area contributed by atoms with Crippen LogP contribution in [0.4, 0.5) is 5.69 Å². The van der Waals surface area contributed by atoms with Gasteiger partial charge in [0.15, 0.2) is 0 Å². The minimum Gasteiger partial charge on any atom is -0.368 e. The Morgan fingerprint density at radius 3 is 2.12 bits per heavy atom. The number of carbonyl (C=O) groups is 1. The summed E-state index contributed by atoms with van der Waals surface area (Å²) in [6.07, 6.45) is 0.445. The zero-order valence-corrected chi connectivity index (χ0v) is 15.7. The van der Waals surface area contributed by atoms with Crippen molar-refractivity contribution in [3.8, 4) is 0 Å². The number of rotatable bonds is 4. The van der Waals surface area contributed by atoms with Crippen molar-refractivity contribution in [1.82, 2.24) is 4.90 Å². The van der Waals surface area contributed by atoms with Crippen LogP contribution in [0.25, 0.3) is 0 Å². The molecule has 1 aliphatic heterocycles. The Morgan fingerprint density at radius 2 is 1.56 bits per heavy atom. The van der Waals surface area contributed by atoms with Gasteiger partial charge in [-0.2, -0.15) is 0 Å². The smallest absolute Gasteiger partial charge is 0.227 e. The minimum absolute atomic E-state index is 0.192. The van der Waals surface area contributed by atoms with E-state index in [0.29, 0.717) is 17.4 Å². The van der Waals surface area contributed by atoms with Gasteiger partial charge in [0.25, 0.3) is 0 Å². The topological polar surface area (TPSA) is 23.6 Å². The van der Waals surface area contributed by atoms with Crippen LogP contribution in [0.3, 0.4) is 0 Å². The fourth-order valence-corrected chi connectivity index (χ4v) is 3.30. The van der Waals surface area contributed by atoms with Crippen LogP contribution in [0.1, 0.15) is 30.9 Å². The number of piperazine rings is 1. The van der Waals surface area contributed by atoms with Gasteiger partial charge in [0.2, 0.25) is 5.91 Å². The second kappa shape index (κ2) is 7.92. The molecule has 1 fully saturated rings. The van der Waals surface area contributed by atoms with Gasteiger partial charge in [-0.25, -0.2) is 0 Å². The molecule has 2 aromatic rings. The van der Waals surface area contributed by atoms with Crippen LogP contribution in [-0.4, -0.2) is 37.0 Å². The Bertz CT molecular complexity index is 702. The maximum absolute atomic E-state index is 12.5. The maximum Gasteiger partial charge on any atom is 0.227 e. The second-order valence-electron chi connectivity index (χ2n) is 6.92. The largest absolute Gasteiger partial charge is 0.368 e. The van der Waals surface area contributed by atoms with Crippen molar-refractivity contribution in [3.05, 3.63) is 64.7 Å². The lowest BCUT2D eigenvalue weighted by Gasteiger charge is -2.36. The molecule has 0 aromatic heterocycles. The molecule has 0 unspecified atom stereocenters. The van der Waals surface area contributed by atoms with E-state index in [9.17, 15) is 4.79 Å². The van der Waals surface area contributed by atoms with Crippen LogP contribution in [-0.2, 0) is 11.2 Å². The summed E-state index contributed by atoms with van der Waals surface area (Å²) in [5, 5.41) is 0.702. The van der Waals surface area contributed by atoms with Crippen molar-refractivity contribution >= 4 is 23.2 Å². The second-order valence-corrected chi connectivity index (χ2v) is 7.35. The summed E-state index contributed by atoms with van der Waals surface area (Å²) in [4.78, 5) is 16.8. The average molecular weight is 357 g/mol. The van der Waals surface area contributed by atoms with E-state index < -0.39 is 0 Å². The van der Waals surface area contributed by atoms with Crippen molar-refractivity contribution in [1.29, 1.82) is 0 Å². The SMILES string of the molecule is CC(C)c1ccc(N2CCN(C(=O)Cc3ccc(Cl)cc3)CC2)cc1. The quantitative estimate of drug-likeness (QED) is 0.812. The van der Waals surface area contributed by atoms with Gasteiger partial charge in [-0.05, 0) is 41.3 Å². The van der Waals surface area contributed by atoms with Gasteiger partial charge in [0.05, 0.1) is 6.42 Å². The van der Waals surface area contributed by atoms with E-state index in [1.54, 1.807) is 0 Å². The highest BCUT2D eigenvalue weighted by Gasteiger charge is 2.21. The average Bonchev–Trinajstić information content (AvgIpc) is 2.64. The molecular formula is C21H25ClN2O. The zero-order valence-electron chi connectivity index (χ0n) is 14.9. The number of amides is 1. The normalized spacial score (nSPS) is 14.9. The molecule has 1 heterocycles. The predicted molar refractivity (Wildman–Crippen MR) is 104 cm³/mol. The number of hydrogen-bond donors (Lipinski definition) is 0. The van der Waals surface area contributed by atoms with Gasteiger partial charge < -0.3 is 9.80 Å². The summed E-state index contributed by atoms with van der Waals surface area (Å²) in [6.45, 7) is 7.73. The number of anilines is 1. The monoisotopic (exact) mass is 356 g/mol. The molecule has 3 rings (SSSR count). The molecule has 1 saturated heterocycles. The van der Waals surface area contributed by atoms with Crippen molar-refractivity contribution in [2.45, 2.75) is 26.2 Å². The molecule has 2 aromatic carbocycles. The molecular weight excluding hydrogens is 332 g/mol. The highest BCUT2D eigenvalue weighted by molar-refractivity contribution is 6.30. The standard InChI is InChI=1S/C21H25ClN2O/c1-16(2)18-5-9-20(10-6-18)23-11-13-24(14-12-23)21(25)15-17-3-7-19(22)8-4-17/h3-10,16H,11-15H2,1-2H3. The molecule has 25 heavy (non-hydrogen) atoms. The van der Waals surface area contributed by atoms with Crippen molar-refractivity contribution in [2.24, 2.45) is 0 Å². The van der Waals surface area contributed by atoms with Crippen LogP contribution in [0.5, 0.6) is 0 Å². The molecule has 0 aliphatic carbocycles. The lowest BCUT2D eigenvalue weighted by atomic mass is 10.0. The number of nitrogens with zero attached hydrogens (tertiary/aromatic N) is 2. The lowest BCUT2D eigenvalue weighted by molar-refractivity contribution is -0.130. The third kappa shape index (κ3) is 4.55. The molecule has 0 atom stereocenters. The summed E-state index contributed by atoms with van der Waals surface area (Å²) < 4.78 is 0. The first kappa shape index (κ1) is 17.8. The molecule has 4 heteroatoms. The lowest BCUT2D eigenvalue weighted by Crippen LogP contribution is -2.49. The predicted octanol–water partition coefficient (Wildman–Crippen LogP) is 4.35. The van der Waals surface area contributed by atoms with Crippen LogP contribution in [0, 0.1) is 0 Å². The Morgan fingerprint density at radius 1 is 0.960 bits per heavy atom. The van der Waals surface area contributed by atoms with Gasteiger partial charge >= 0.3 is 0 Å². The third-order valence-electron chi connectivity index (χ3n) is 4.83. The fourth-order valence-electron chi connectivity index (χ4n) is 3.17. The Labute approximate surface area is 155 Å². The van der Waals surface area contributed by atoms with Gasteiger partial charge in [0, 0.05) is 36.9 Å². The third-order valence-corrected chi connectivity index (χ3v) is 5.08. The van der Waals surface area contributed by atoms with E-state index in [0.717, 1.165) is 31.7 Å². The molecule has 0 bridgehead atoms. The first-order chi connectivity index (χ1) is 12.0. The fraction of sp³-hybridized carbons (Fsp3) is 0.381. The molecule has 1 amide bonds. The van der Waals surface area contributed by atoms with E-state index >= 15 is 0 Å². The Hall–Kier alpha value is -2.00. The summed E-state index contributed by atoms with van der Waals surface area (Å²) in [6, 6.07) is 16.3. The van der Waals surface area contributed by atoms with Crippen molar-refractivity contribution in [3.63, 3.8) is 0 Å². The molecule has 3 nitrogen and oxygen atoms in total. The number of carbonyl (C=O) groups excluding carboxylic acids is 1. The molecule has 0 saturated carbocycles. The van der Waals surface area contributed by atoms with Crippen LogP contribution in [0.15, 0.2) is 48.5 Å². The number of hydrogen-bond acceptors (Lipinski definition) is 2. The Kier molecular flexibility index (Phi) is 5.64. The molecule has 132 valence electrons. The summed E-state index contributed by atoms with van der Waals surface area (Å²) in [5.74, 6) is 0.744. The molecule has 0 N–H and O–H groups in total. The summed E-state index contributed by atoms with van der Waals surface area (Å²) in [7, 11) is 0. The first-order valence-corrected chi connectivity index (χ1v) is 9.28. The minimum atomic E-state index is 0.192. The molecule has 0 radical (unpaired) electrons. The van der Waals surface area contributed by atoms with Crippen LogP contribution in [0.2, 0.25) is 5.02 Å². The first-order valence-electron chi connectivity index (χ1n) is 8.90. The maximum atomic E-state index is 12.5. The van der Waals surface area contributed by atoms with Gasteiger partial charge in [0.1, 0.15) is 0 Å². The van der Waals surface area contributed by atoms with Gasteiger partial charge in [-0.1, -0.05) is 49.7 Å². The van der Waals surface area contributed by atoms with E-state index in [-0.39, 0.29) is 5.91 Å².